The van der Waals surface area contributed by atoms with Crippen molar-refractivity contribution in [3.8, 4) is 0 Å². The number of carbonyl (C=O) groups is 1. The van der Waals surface area contributed by atoms with Gasteiger partial charge in [-0.3, -0.25) is 0 Å². The topological polar surface area (TPSA) is 78.3 Å². The van der Waals surface area contributed by atoms with Crippen molar-refractivity contribution in [2.45, 2.75) is 17.0 Å². The largest absolute Gasteiger partial charge is 0.462 e. The van der Waals surface area contributed by atoms with Crippen molar-refractivity contribution in [3.63, 3.8) is 0 Å². The lowest BCUT2D eigenvalue weighted by Gasteiger charge is -2.06. The standard InChI is InChI=1S/C12H12N2O3S/c1-2-16-11(15)8-3-4-10(9(13)7-8)18-12-14-5-6-17-12/h3-7H,2,13H2,1H3. The van der Waals surface area contributed by atoms with E-state index in [4.69, 9.17) is 14.9 Å². The Bertz CT molecular complexity index is 540. The number of oxazole rings is 1. The Morgan fingerprint density at radius 2 is 2.39 bits per heavy atom. The molecule has 0 saturated carbocycles. The first-order valence-electron chi connectivity index (χ1n) is 5.34. The lowest BCUT2D eigenvalue weighted by atomic mass is 10.2. The molecule has 0 aliphatic rings. The van der Waals surface area contributed by atoms with Crippen molar-refractivity contribution in [3.05, 3.63) is 36.2 Å². The van der Waals surface area contributed by atoms with Crippen LogP contribution < -0.4 is 5.73 Å². The molecule has 6 heteroatoms. The van der Waals surface area contributed by atoms with Crippen molar-refractivity contribution in [1.82, 2.24) is 4.98 Å². The van der Waals surface area contributed by atoms with E-state index in [9.17, 15) is 4.79 Å². The molecule has 94 valence electrons. The lowest BCUT2D eigenvalue weighted by molar-refractivity contribution is 0.0526. The van der Waals surface area contributed by atoms with Crippen molar-refractivity contribution in [1.29, 1.82) is 0 Å². The van der Waals surface area contributed by atoms with Crippen LogP contribution in [0.3, 0.4) is 0 Å². The number of hydrogen-bond donors (Lipinski definition) is 1. The first-order chi connectivity index (χ1) is 8.70. The number of anilines is 1. The highest BCUT2D eigenvalue weighted by molar-refractivity contribution is 7.99. The maximum absolute atomic E-state index is 11.5. The molecule has 0 saturated heterocycles. The van der Waals surface area contributed by atoms with E-state index >= 15 is 0 Å². The van der Waals surface area contributed by atoms with Crippen LogP contribution in [0, 0.1) is 0 Å². The summed E-state index contributed by atoms with van der Waals surface area (Å²) in [4.78, 5) is 16.3. The third-order valence-electron chi connectivity index (χ3n) is 2.13. The highest BCUT2D eigenvalue weighted by Gasteiger charge is 2.11. The lowest BCUT2D eigenvalue weighted by Crippen LogP contribution is -2.05. The smallest absolute Gasteiger partial charge is 0.338 e. The summed E-state index contributed by atoms with van der Waals surface area (Å²) in [5.41, 5.74) is 6.80. The molecule has 0 spiro atoms. The molecule has 1 aromatic carbocycles. The molecule has 0 radical (unpaired) electrons. The second-order valence-corrected chi connectivity index (χ2v) is 4.37. The third-order valence-corrected chi connectivity index (χ3v) is 3.10. The summed E-state index contributed by atoms with van der Waals surface area (Å²) in [6.45, 7) is 2.10. The fourth-order valence-electron chi connectivity index (χ4n) is 1.34. The van der Waals surface area contributed by atoms with Crippen LogP contribution in [0.25, 0.3) is 0 Å². The van der Waals surface area contributed by atoms with Crippen LogP contribution in [0.5, 0.6) is 0 Å². The van der Waals surface area contributed by atoms with Gasteiger partial charge in [0.15, 0.2) is 0 Å². The molecule has 0 aliphatic carbocycles. The minimum absolute atomic E-state index is 0.339. The number of aromatic nitrogens is 1. The Morgan fingerprint density at radius 3 is 3.00 bits per heavy atom. The predicted octanol–water partition coefficient (Wildman–Crippen LogP) is 2.58. The van der Waals surface area contributed by atoms with E-state index in [-0.39, 0.29) is 5.97 Å². The number of benzene rings is 1. The van der Waals surface area contributed by atoms with Gasteiger partial charge in [-0.05, 0) is 36.9 Å². The quantitative estimate of drug-likeness (QED) is 0.675. The molecule has 0 aliphatic heterocycles. The van der Waals surface area contributed by atoms with E-state index < -0.39 is 0 Å². The van der Waals surface area contributed by atoms with Crippen LogP contribution in [0.4, 0.5) is 5.69 Å². The minimum atomic E-state index is -0.378. The van der Waals surface area contributed by atoms with Crippen molar-refractivity contribution in [2.75, 3.05) is 12.3 Å². The van der Waals surface area contributed by atoms with Gasteiger partial charge < -0.3 is 14.9 Å². The van der Waals surface area contributed by atoms with Gasteiger partial charge in [0.05, 0.1) is 18.4 Å². The molecule has 2 rings (SSSR count). The second kappa shape index (κ2) is 5.59. The molecule has 0 unspecified atom stereocenters. The molecule has 0 fully saturated rings. The van der Waals surface area contributed by atoms with Gasteiger partial charge >= 0.3 is 5.97 Å². The maximum atomic E-state index is 11.5. The molecule has 18 heavy (non-hydrogen) atoms. The van der Waals surface area contributed by atoms with E-state index in [2.05, 4.69) is 4.98 Å². The molecule has 0 bridgehead atoms. The average molecular weight is 264 g/mol. The molecule has 2 N–H and O–H groups in total. The molecule has 0 atom stereocenters. The number of carbonyl (C=O) groups excluding carboxylic acids is 1. The van der Waals surface area contributed by atoms with Gasteiger partial charge in [-0.25, -0.2) is 9.78 Å². The summed E-state index contributed by atoms with van der Waals surface area (Å²) in [6, 6.07) is 5.00. The number of nitrogens with zero attached hydrogens (tertiary/aromatic N) is 1. The van der Waals surface area contributed by atoms with Crippen LogP contribution in [-0.2, 0) is 4.74 Å². The Morgan fingerprint density at radius 1 is 1.56 bits per heavy atom. The van der Waals surface area contributed by atoms with Gasteiger partial charge in [0.25, 0.3) is 5.22 Å². The van der Waals surface area contributed by atoms with E-state index in [1.54, 1.807) is 31.3 Å². The Hall–Kier alpha value is -1.95. The summed E-state index contributed by atoms with van der Waals surface area (Å²) < 4.78 is 10.0. The van der Waals surface area contributed by atoms with E-state index in [1.165, 1.54) is 18.0 Å². The summed E-state index contributed by atoms with van der Waals surface area (Å²) in [5, 5.41) is 0.505. The van der Waals surface area contributed by atoms with E-state index in [0.717, 1.165) is 4.90 Å². The zero-order valence-corrected chi connectivity index (χ0v) is 10.6. The Labute approximate surface area is 108 Å². The normalized spacial score (nSPS) is 10.3. The third kappa shape index (κ3) is 2.84. The van der Waals surface area contributed by atoms with Gasteiger partial charge in [0.1, 0.15) is 6.26 Å². The summed E-state index contributed by atoms with van der Waals surface area (Å²) in [7, 11) is 0. The second-order valence-electron chi connectivity index (χ2n) is 3.37. The number of rotatable bonds is 4. The van der Waals surface area contributed by atoms with Crippen LogP contribution in [0.15, 0.2) is 45.2 Å². The van der Waals surface area contributed by atoms with Crippen LogP contribution >= 0.6 is 11.8 Å². The van der Waals surface area contributed by atoms with Gasteiger partial charge in [-0.15, -0.1) is 0 Å². The van der Waals surface area contributed by atoms with Crippen molar-refractivity contribution >= 4 is 23.4 Å². The van der Waals surface area contributed by atoms with E-state index in [1.807, 2.05) is 0 Å². The minimum Gasteiger partial charge on any atom is -0.462 e. The molecule has 1 heterocycles. The molecular weight excluding hydrogens is 252 g/mol. The highest BCUT2D eigenvalue weighted by Crippen LogP contribution is 2.31. The Kier molecular flexibility index (Phi) is 3.88. The zero-order chi connectivity index (χ0) is 13.0. The molecule has 5 nitrogen and oxygen atoms in total. The molecule has 2 aromatic rings. The predicted molar refractivity (Wildman–Crippen MR) is 67.4 cm³/mol. The van der Waals surface area contributed by atoms with E-state index in [0.29, 0.717) is 23.1 Å². The van der Waals surface area contributed by atoms with Gasteiger partial charge in [-0.1, -0.05) is 0 Å². The summed E-state index contributed by atoms with van der Waals surface area (Å²) in [5.74, 6) is -0.378. The highest BCUT2D eigenvalue weighted by atomic mass is 32.2. The van der Waals surface area contributed by atoms with Crippen molar-refractivity contribution < 1.29 is 13.9 Å². The maximum Gasteiger partial charge on any atom is 0.338 e. The monoisotopic (exact) mass is 264 g/mol. The summed E-state index contributed by atoms with van der Waals surface area (Å²) >= 11 is 1.30. The first kappa shape index (κ1) is 12.5. The Balaban J connectivity index is 2.17. The fraction of sp³-hybridized carbons (Fsp3) is 0.167. The van der Waals surface area contributed by atoms with Crippen LogP contribution in [-0.4, -0.2) is 17.6 Å². The first-order valence-corrected chi connectivity index (χ1v) is 6.16. The molecule has 1 aromatic heterocycles. The fourth-order valence-corrected chi connectivity index (χ4v) is 2.06. The molecular formula is C12H12N2O3S. The number of nitrogens with two attached hydrogens (primary N) is 1. The SMILES string of the molecule is CCOC(=O)c1ccc(Sc2ncco2)c(N)c1. The van der Waals surface area contributed by atoms with Crippen LogP contribution in [0.2, 0.25) is 0 Å². The molecule has 0 amide bonds. The number of ether oxygens (including phenoxy) is 1. The zero-order valence-electron chi connectivity index (χ0n) is 9.75. The average Bonchev–Trinajstić information content (AvgIpc) is 2.85. The van der Waals surface area contributed by atoms with Gasteiger partial charge in [-0.2, -0.15) is 0 Å². The number of hydrogen-bond acceptors (Lipinski definition) is 6. The van der Waals surface area contributed by atoms with Crippen LogP contribution in [0.1, 0.15) is 17.3 Å². The van der Waals surface area contributed by atoms with Crippen molar-refractivity contribution in [2.24, 2.45) is 0 Å². The van der Waals surface area contributed by atoms with Gasteiger partial charge in [0, 0.05) is 10.6 Å². The summed E-state index contributed by atoms with van der Waals surface area (Å²) in [6.07, 6.45) is 3.05. The number of esters is 1. The number of nitrogen functional groups attached to an aromatic ring is 1. The van der Waals surface area contributed by atoms with Gasteiger partial charge in [0.2, 0.25) is 0 Å².